The molecule has 0 saturated heterocycles. The zero-order chi connectivity index (χ0) is 11.1. The maximum atomic E-state index is 10.5. The van der Waals surface area contributed by atoms with Crippen molar-refractivity contribution in [3.05, 3.63) is 34.9 Å². The fourth-order valence-electron chi connectivity index (χ4n) is 2.33. The Kier molecular flexibility index (Phi) is 2.28. The van der Waals surface area contributed by atoms with Crippen molar-refractivity contribution < 1.29 is 5.11 Å². The van der Waals surface area contributed by atoms with E-state index in [1.165, 1.54) is 5.56 Å². The van der Waals surface area contributed by atoms with E-state index in [0.29, 0.717) is 6.42 Å². The van der Waals surface area contributed by atoms with Gasteiger partial charge in [0.2, 0.25) is 0 Å². The molecule has 1 aromatic rings. The smallest absolute Gasteiger partial charge is 0.106 e. The molecule has 0 spiro atoms. The van der Waals surface area contributed by atoms with Crippen LogP contribution in [0.4, 0.5) is 0 Å². The minimum Gasteiger partial charge on any atom is -0.384 e. The van der Waals surface area contributed by atoms with E-state index in [4.69, 9.17) is 5.26 Å². The number of nitrogens with zero attached hydrogens (tertiary/aromatic N) is 1. The minimum absolute atomic E-state index is 0.347. The lowest BCUT2D eigenvalue weighted by Crippen LogP contribution is -2.30. The van der Waals surface area contributed by atoms with Gasteiger partial charge in [-0.2, -0.15) is 5.26 Å². The van der Waals surface area contributed by atoms with Crippen molar-refractivity contribution in [2.75, 3.05) is 0 Å². The van der Waals surface area contributed by atoms with Gasteiger partial charge in [-0.3, -0.25) is 0 Å². The summed E-state index contributed by atoms with van der Waals surface area (Å²) in [7, 11) is 0. The molecule has 0 aromatic heterocycles. The van der Waals surface area contributed by atoms with Gasteiger partial charge in [0, 0.05) is 0 Å². The van der Waals surface area contributed by atoms with Crippen LogP contribution in [0.3, 0.4) is 0 Å². The highest BCUT2D eigenvalue weighted by atomic mass is 16.3. The topological polar surface area (TPSA) is 44.0 Å². The molecule has 0 amide bonds. The Labute approximate surface area is 90.2 Å². The maximum Gasteiger partial charge on any atom is 0.106 e. The second-order valence-corrected chi connectivity index (χ2v) is 4.44. The summed E-state index contributed by atoms with van der Waals surface area (Å²) in [5, 5.41) is 19.5. The number of aryl methyl sites for hydroxylation is 2. The number of hydrogen-bond acceptors (Lipinski definition) is 2. The first-order chi connectivity index (χ1) is 7.08. The van der Waals surface area contributed by atoms with Crippen LogP contribution in [-0.4, -0.2) is 5.11 Å². The molecule has 0 bridgehead atoms. The molecule has 0 saturated carbocycles. The lowest BCUT2D eigenvalue weighted by atomic mass is 9.84. The fraction of sp³-hybridized carbons (Fsp3) is 0.462. The summed E-state index contributed by atoms with van der Waals surface area (Å²) in [5.41, 5.74) is 2.34. The number of aliphatic hydroxyl groups is 1. The van der Waals surface area contributed by atoms with Crippen LogP contribution < -0.4 is 0 Å². The van der Waals surface area contributed by atoms with Gasteiger partial charge in [0.15, 0.2) is 0 Å². The van der Waals surface area contributed by atoms with Gasteiger partial charge in [-0.05, 0) is 37.8 Å². The highest BCUT2D eigenvalue weighted by Crippen LogP contribution is 2.42. The molecule has 1 aliphatic rings. The molecule has 0 radical (unpaired) electrons. The largest absolute Gasteiger partial charge is 0.384 e. The van der Waals surface area contributed by atoms with Crippen molar-refractivity contribution in [2.24, 2.45) is 5.92 Å². The second-order valence-electron chi connectivity index (χ2n) is 4.44. The molecule has 15 heavy (non-hydrogen) atoms. The number of benzene rings is 1. The van der Waals surface area contributed by atoms with Crippen molar-refractivity contribution in [1.29, 1.82) is 5.26 Å². The molecular formula is C13H15NO. The summed E-state index contributed by atoms with van der Waals surface area (Å²) >= 11 is 0. The molecule has 2 rings (SSSR count). The van der Waals surface area contributed by atoms with Crippen molar-refractivity contribution in [1.82, 2.24) is 0 Å². The third-order valence-electron chi connectivity index (χ3n) is 3.42. The van der Waals surface area contributed by atoms with Crippen LogP contribution in [0.5, 0.6) is 0 Å². The Hall–Kier alpha value is -1.33. The van der Waals surface area contributed by atoms with Gasteiger partial charge in [-0.25, -0.2) is 0 Å². The average molecular weight is 201 g/mol. The van der Waals surface area contributed by atoms with Crippen molar-refractivity contribution in [2.45, 2.75) is 32.3 Å². The molecule has 0 fully saturated rings. The van der Waals surface area contributed by atoms with Crippen molar-refractivity contribution in [3.63, 3.8) is 0 Å². The Balaban J connectivity index is 2.52. The van der Waals surface area contributed by atoms with E-state index in [1.54, 1.807) is 6.92 Å². The summed E-state index contributed by atoms with van der Waals surface area (Å²) < 4.78 is 0. The molecule has 2 heteroatoms. The number of fused-ring (bicyclic) bond motifs is 1. The second kappa shape index (κ2) is 3.36. The van der Waals surface area contributed by atoms with Crippen LogP contribution in [0.25, 0.3) is 0 Å². The molecule has 1 aromatic carbocycles. The summed E-state index contributed by atoms with van der Waals surface area (Å²) in [4.78, 5) is 0. The van der Waals surface area contributed by atoms with Gasteiger partial charge in [0.25, 0.3) is 0 Å². The van der Waals surface area contributed by atoms with E-state index in [1.807, 2.05) is 13.0 Å². The van der Waals surface area contributed by atoms with Crippen LogP contribution in [0, 0.1) is 24.2 Å². The summed E-state index contributed by atoms with van der Waals surface area (Å²) in [6.45, 7) is 3.80. The zero-order valence-corrected chi connectivity index (χ0v) is 9.12. The Morgan fingerprint density at radius 3 is 2.93 bits per heavy atom. The molecule has 2 atom stereocenters. The highest BCUT2D eigenvalue weighted by Gasteiger charge is 2.41. The van der Waals surface area contributed by atoms with Gasteiger partial charge in [0.1, 0.15) is 5.60 Å². The van der Waals surface area contributed by atoms with Crippen LogP contribution in [0.15, 0.2) is 18.2 Å². The van der Waals surface area contributed by atoms with Gasteiger partial charge in [-0.15, -0.1) is 0 Å². The van der Waals surface area contributed by atoms with Crippen LogP contribution in [-0.2, 0) is 12.0 Å². The third-order valence-corrected chi connectivity index (χ3v) is 3.42. The minimum atomic E-state index is -0.934. The lowest BCUT2D eigenvalue weighted by molar-refractivity contribution is 0.00545. The van der Waals surface area contributed by atoms with E-state index in [9.17, 15) is 5.11 Å². The molecule has 0 aliphatic heterocycles. The zero-order valence-electron chi connectivity index (χ0n) is 9.12. The van der Waals surface area contributed by atoms with E-state index >= 15 is 0 Å². The lowest BCUT2D eigenvalue weighted by Gasteiger charge is -2.26. The van der Waals surface area contributed by atoms with Gasteiger partial charge in [-0.1, -0.05) is 23.8 Å². The van der Waals surface area contributed by atoms with Crippen LogP contribution >= 0.6 is 0 Å². The number of nitriles is 1. The third kappa shape index (κ3) is 1.44. The Morgan fingerprint density at radius 1 is 1.53 bits per heavy atom. The van der Waals surface area contributed by atoms with Gasteiger partial charge < -0.3 is 5.11 Å². The fourth-order valence-corrected chi connectivity index (χ4v) is 2.33. The van der Waals surface area contributed by atoms with E-state index in [2.05, 4.69) is 18.2 Å². The van der Waals surface area contributed by atoms with Gasteiger partial charge in [0.05, 0.1) is 12.0 Å². The predicted octanol–water partition coefficient (Wildman–Crippen LogP) is 2.29. The molecule has 2 nitrogen and oxygen atoms in total. The first kappa shape index (κ1) is 10.2. The van der Waals surface area contributed by atoms with E-state index in [-0.39, 0.29) is 5.92 Å². The predicted molar refractivity (Wildman–Crippen MR) is 58.2 cm³/mol. The summed E-state index contributed by atoms with van der Waals surface area (Å²) in [6.07, 6.45) is 1.54. The Bertz CT molecular complexity index is 433. The Morgan fingerprint density at radius 2 is 2.27 bits per heavy atom. The first-order valence-electron chi connectivity index (χ1n) is 5.30. The number of hydrogen-bond donors (Lipinski definition) is 1. The molecule has 1 aliphatic carbocycles. The quantitative estimate of drug-likeness (QED) is 0.757. The molecule has 78 valence electrons. The summed E-state index contributed by atoms with van der Waals surface area (Å²) in [6, 6.07) is 8.29. The maximum absolute atomic E-state index is 10.5. The average Bonchev–Trinajstić information content (AvgIpc) is 2.57. The van der Waals surface area contributed by atoms with E-state index < -0.39 is 5.60 Å². The molecule has 1 N–H and O–H groups in total. The van der Waals surface area contributed by atoms with Crippen molar-refractivity contribution in [3.8, 4) is 6.07 Å². The monoisotopic (exact) mass is 201 g/mol. The molecule has 0 heterocycles. The number of rotatable bonds is 1. The molecular weight excluding hydrogens is 186 g/mol. The van der Waals surface area contributed by atoms with Gasteiger partial charge >= 0.3 is 0 Å². The highest BCUT2D eigenvalue weighted by molar-refractivity contribution is 5.41. The molecule has 2 unspecified atom stereocenters. The van der Waals surface area contributed by atoms with Crippen LogP contribution in [0.1, 0.15) is 30.0 Å². The van der Waals surface area contributed by atoms with Crippen molar-refractivity contribution >= 4 is 0 Å². The summed E-state index contributed by atoms with van der Waals surface area (Å²) in [5.74, 6) is -0.347. The van der Waals surface area contributed by atoms with E-state index in [0.717, 1.165) is 17.5 Å². The SMILES string of the molecule is Cc1ccc2c(c1)C(O)(C(C)C#N)CC2. The standard InChI is InChI=1S/C13H15NO/c1-9-3-4-11-5-6-13(15,10(2)8-14)12(11)7-9/h3-4,7,10,15H,5-6H2,1-2H3. The normalized spacial score (nSPS) is 25.7. The van der Waals surface area contributed by atoms with Crippen LogP contribution in [0.2, 0.25) is 0 Å². The first-order valence-corrected chi connectivity index (χ1v) is 5.30.